The summed E-state index contributed by atoms with van der Waals surface area (Å²) in [7, 11) is 0. The van der Waals surface area contributed by atoms with Crippen molar-refractivity contribution in [3.8, 4) is 0 Å². The van der Waals surface area contributed by atoms with Crippen LogP contribution in [0, 0.1) is 24.6 Å². The van der Waals surface area contributed by atoms with Crippen molar-refractivity contribution in [2.45, 2.75) is 47.1 Å². The smallest absolute Gasteiger partial charge is 0.262 e. The molecule has 3 aromatic rings. The Morgan fingerprint density at radius 2 is 1.58 bits per heavy atom. The van der Waals surface area contributed by atoms with Crippen molar-refractivity contribution in [2.24, 2.45) is 11.8 Å². The summed E-state index contributed by atoms with van der Waals surface area (Å²) in [5.41, 5.74) is 2.05. The maximum absolute atomic E-state index is 13.5. The Kier molecular flexibility index (Phi) is 9.04. The molecule has 0 saturated carbocycles. The van der Waals surface area contributed by atoms with Crippen LogP contribution in [0.25, 0.3) is 10.1 Å². The van der Waals surface area contributed by atoms with Gasteiger partial charge in [-0.3, -0.25) is 13.8 Å². The molecule has 7 heteroatoms. The number of aryl methyl sites for hydroxylation is 1. The van der Waals surface area contributed by atoms with Crippen molar-refractivity contribution in [3.63, 3.8) is 0 Å². The van der Waals surface area contributed by atoms with E-state index in [2.05, 4.69) is 44.7 Å². The first-order valence-corrected chi connectivity index (χ1v) is 13.4. The van der Waals surface area contributed by atoms with Gasteiger partial charge in [0.1, 0.15) is 10.8 Å². The molecule has 3 rings (SSSR count). The van der Waals surface area contributed by atoms with Crippen LogP contribution in [0.5, 0.6) is 0 Å². The average molecular weight is 491 g/mol. The van der Waals surface area contributed by atoms with Crippen LogP contribution in [-0.4, -0.2) is 39.3 Å². The summed E-state index contributed by atoms with van der Waals surface area (Å²) >= 11 is -0.604. The number of hydrogen-bond donors (Lipinski definition) is 1. The molecule has 180 valence electrons. The van der Waals surface area contributed by atoms with Gasteiger partial charge >= 0.3 is 0 Å². The Morgan fingerprint density at radius 3 is 2.12 bits per heavy atom. The lowest BCUT2D eigenvalue weighted by atomic mass is 10.0. The van der Waals surface area contributed by atoms with E-state index in [4.69, 9.17) is 0 Å². The molecule has 2 unspecified atom stereocenters. The second-order valence-corrected chi connectivity index (χ2v) is 11.5. The van der Waals surface area contributed by atoms with Crippen molar-refractivity contribution >= 4 is 37.7 Å². The number of fused-ring (bicyclic) bond motifs is 1. The lowest BCUT2D eigenvalue weighted by Crippen LogP contribution is -2.48. The molecule has 0 aliphatic heterocycles. The Balaban J connectivity index is 1.99. The fraction of sp³-hybridized carbons (Fsp3) is 0.462. The molecule has 1 aromatic heterocycles. The fourth-order valence-electron chi connectivity index (χ4n) is 4.32. The third kappa shape index (κ3) is 6.85. The number of rotatable bonds is 11. The summed E-state index contributed by atoms with van der Waals surface area (Å²) < 4.78 is 39.2. The summed E-state index contributed by atoms with van der Waals surface area (Å²) in [5.74, 6) is 0.660. The summed E-state index contributed by atoms with van der Waals surface area (Å²) in [5, 5.41) is 1.94. The number of hydrogen-bond acceptors (Lipinski definition) is 3. The molecule has 0 aliphatic rings. The lowest BCUT2D eigenvalue weighted by molar-refractivity contribution is 0.159. The van der Waals surface area contributed by atoms with E-state index in [1.54, 1.807) is 15.6 Å². The predicted molar refractivity (Wildman–Crippen MR) is 140 cm³/mol. The van der Waals surface area contributed by atoms with E-state index >= 15 is 0 Å². The van der Waals surface area contributed by atoms with E-state index < -0.39 is 11.3 Å². The number of anilines is 1. The molecule has 0 amide bonds. The summed E-state index contributed by atoms with van der Waals surface area (Å²) in [6.45, 7) is 13.0. The molecule has 2 aromatic carbocycles. The second kappa shape index (κ2) is 11.6. The van der Waals surface area contributed by atoms with Gasteiger partial charge in [-0.2, -0.15) is 0 Å². The van der Waals surface area contributed by atoms with Gasteiger partial charge < -0.3 is 0 Å². The van der Waals surface area contributed by atoms with Crippen LogP contribution in [0.15, 0.2) is 48.5 Å². The molecule has 0 radical (unpaired) electrons. The highest BCUT2D eigenvalue weighted by atomic mass is 32.2. The van der Waals surface area contributed by atoms with E-state index in [0.29, 0.717) is 24.8 Å². The zero-order valence-electron chi connectivity index (χ0n) is 20.1. The van der Waals surface area contributed by atoms with Gasteiger partial charge in [-0.05, 0) is 59.9 Å². The Morgan fingerprint density at radius 1 is 0.970 bits per heavy atom. The summed E-state index contributed by atoms with van der Waals surface area (Å²) in [6.07, 6.45) is 0.678. The monoisotopic (exact) mass is 490 g/mol. The Hall–Kier alpha value is -1.80. The minimum atomic E-state index is -2.16. The zero-order valence-corrected chi connectivity index (χ0v) is 21.8. The molecule has 33 heavy (non-hydrogen) atoms. The van der Waals surface area contributed by atoms with Crippen molar-refractivity contribution in [1.82, 2.24) is 4.90 Å². The van der Waals surface area contributed by atoms with Crippen molar-refractivity contribution in [1.29, 1.82) is 0 Å². The van der Waals surface area contributed by atoms with Crippen molar-refractivity contribution < 1.29 is 13.2 Å². The largest absolute Gasteiger partial charge is 0.298 e. The van der Waals surface area contributed by atoms with Gasteiger partial charge in [0.05, 0.1) is 6.54 Å². The van der Waals surface area contributed by atoms with Gasteiger partial charge in [-0.25, -0.2) is 8.60 Å². The van der Waals surface area contributed by atoms with E-state index in [-0.39, 0.29) is 11.9 Å². The normalized spacial score (nSPS) is 13.9. The van der Waals surface area contributed by atoms with Crippen molar-refractivity contribution in [3.05, 3.63) is 65.5 Å². The third-order valence-corrected chi connectivity index (χ3v) is 7.83. The summed E-state index contributed by atoms with van der Waals surface area (Å²) in [4.78, 5) is 2.43. The standard InChI is InChI=1S/C26H35FN2O2S2/c1-18(2)15-28(16-19(3)4)23(14-21-10-12-22(27)13-11-21)17-29(33(30)31)26-20(5)24-8-6-7-9-25(24)32-26/h6-13,18-19,23H,14-17H2,1-5H3,(H,30,31). The Labute approximate surface area is 203 Å². The van der Waals surface area contributed by atoms with Crippen LogP contribution in [-0.2, 0) is 17.7 Å². The molecule has 0 saturated heterocycles. The number of nitrogens with zero attached hydrogens (tertiary/aromatic N) is 2. The van der Waals surface area contributed by atoms with Crippen LogP contribution in [0.3, 0.4) is 0 Å². The number of halogens is 1. The zero-order chi connectivity index (χ0) is 24.1. The topological polar surface area (TPSA) is 43.8 Å². The lowest BCUT2D eigenvalue weighted by Gasteiger charge is -2.37. The molecular formula is C26H35FN2O2S2. The van der Waals surface area contributed by atoms with Gasteiger partial charge in [0.2, 0.25) is 0 Å². The molecular weight excluding hydrogens is 455 g/mol. The average Bonchev–Trinajstić information content (AvgIpc) is 3.07. The fourth-order valence-corrected chi connectivity index (χ4v) is 6.33. The predicted octanol–water partition coefficient (Wildman–Crippen LogP) is 6.52. The second-order valence-electron chi connectivity index (χ2n) is 9.55. The highest BCUT2D eigenvalue weighted by Gasteiger charge is 2.28. The SMILES string of the molecule is Cc1c(N(CC(Cc2ccc(F)cc2)N(CC(C)C)CC(C)C)S(=O)O)sc2ccccc12. The molecule has 0 spiro atoms. The van der Waals surface area contributed by atoms with Gasteiger partial charge in [-0.1, -0.05) is 58.0 Å². The van der Waals surface area contributed by atoms with Gasteiger partial charge in [0, 0.05) is 23.8 Å². The molecule has 1 N–H and O–H groups in total. The van der Waals surface area contributed by atoms with Crippen LogP contribution < -0.4 is 4.31 Å². The van der Waals surface area contributed by atoms with Gasteiger partial charge in [0.25, 0.3) is 11.3 Å². The highest BCUT2D eigenvalue weighted by molar-refractivity contribution is 7.81. The van der Waals surface area contributed by atoms with Crippen LogP contribution in [0.4, 0.5) is 9.39 Å². The maximum Gasteiger partial charge on any atom is 0.262 e. The molecule has 2 atom stereocenters. The van der Waals surface area contributed by atoms with E-state index in [9.17, 15) is 13.2 Å². The van der Waals surface area contributed by atoms with Crippen molar-refractivity contribution in [2.75, 3.05) is 23.9 Å². The van der Waals surface area contributed by atoms with Crippen LogP contribution in [0.2, 0.25) is 0 Å². The third-order valence-electron chi connectivity index (χ3n) is 5.71. The summed E-state index contributed by atoms with van der Waals surface area (Å²) in [6, 6.07) is 14.7. The first-order valence-electron chi connectivity index (χ1n) is 11.5. The van der Waals surface area contributed by atoms with E-state index in [0.717, 1.165) is 39.3 Å². The highest BCUT2D eigenvalue weighted by Crippen LogP contribution is 2.38. The first kappa shape index (κ1) is 25.8. The van der Waals surface area contributed by atoms with Gasteiger partial charge in [0.15, 0.2) is 0 Å². The van der Waals surface area contributed by atoms with Crippen LogP contribution >= 0.6 is 11.3 Å². The Bertz CT molecular complexity index is 1060. The molecule has 1 heterocycles. The van der Waals surface area contributed by atoms with Gasteiger partial charge in [-0.15, -0.1) is 11.3 Å². The molecule has 0 fully saturated rings. The van der Waals surface area contributed by atoms with E-state index in [1.807, 2.05) is 31.2 Å². The first-order chi connectivity index (χ1) is 15.7. The molecule has 0 bridgehead atoms. The molecule has 0 aliphatic carbocycles. The number of thiophene rings is 1. The quantitative estimate of drug-likeness (QED) is 0.311. The maximum atomic E-state index is 13.5. The van der Waals surface area contributed by atoms with E-state index in [1.165, 1.54) is 12.1 Å². The van der Waals surface area contributed by atoms with Crippen LogP contribution in [0.1, 0.15) is 38.8 Å². The minimum absolute atomic E-state index is 0.000901. The number of benzene rings is 2. The minimum Gasteiger partial charge on any atom is -0.298 e. The molecule has 4 nitrogen and oxygen atoms in total.